The van der Waals surface area contributed by atoms with Crippen molar-refractivity contribution in [2.24, 2.45) is 7.05 Å². The first kappa shape index (κ1) is 23.8. The van der Waals surface area contributed by atoms with Gasteiger partial charge in [-0.1, -0.05) is 24.8 Å². The third-order valence-electron chi connectivity index (χ3n) is 4.72. The summed E-state index contributed by atoms with van der Waals surface area (Å²) in [6.07, 6.45) is 3.66. The van der Waals surface area contributed by atoms with E-state index < -0.39 is 0 Å². The molecule has 8 heteroatoms. The number of aromatic nitrogens is 2. The lowest BCUT2D eigenvalue weighted by Gasteiger charge is -2.10. The van der Waals surface area contributed by atoms with Crippen molar-refractivity contribution >= 4 is 17.7 Å². The Morgan fingerprint density at radius 2 is 1.93 bits per heavy atom. The molecule has 2 aromatic rings. The number of nitrogens with one attached hydrogen (secondary N) is 1. The van der Waals surface area contributed by atoms with Gasteiger partial charge >= 0.3 is 0 Å². The summed E-state index contributed by atoms with van der Waals surface area (Å²) in [4.78, 5) is 28.5. The monoisotopic (exact) mass is 433 g/mol. The molecular formula is C22H31N3O4S. The molecule has 0 atom stereocenters. The molecule has 7 nitrogen and oxygen atoms in total. The van der Waals surface area contributed by atoms with Crippen LogP contribution < -0.4 is 20.3 Å². The van der Waals surface area contributed by atoms with Gasteiger partial charge in [0.2, 0.25) is 5.91 Å². The van der Waals surface area contributed by atoms with Crippen molar-refractivity contribution in [3.05, 3.63) is 45.9 Å². The van der Waals surface area contributed by atoms with E-state index in [1.54, 1.807) is 43.7 Å². The minimum atomic E-state index is -0.0294. The van der Waals surface area contributed by atoms with Gasteiger partial charge in [0.15, 0.2) is 16.7 Å². The molecule has 1 N–H and O–H groups in total. The Morgan fingerprint density at radius 1 is 1.17 bits per heavy atom. The molecule has 30 heavy (non-hydrogen) atoms. The van der Waals surface area contributed by atoms with Crippen molar-refractivity contribution in [3.8, 4) is 11.5 Å². The molecule has 0 spiro atoms. The highest BCUT2D eigenvalue weighted by Crippen LogP contribution is 2.27. The molecule has 0 saturated heterocycles. The molecule has 1 heterocycles. The Balaban J connectivity index is 1.66. The van der Waals surface area contributed by atoms with Gasteiger partial charge in [0.1, 0.15) is 0 Å². The number of rotatable bonds is 12. The molecule has 2 rings (SSSR count). The van der Waals surface area contributed by atoms with Crippen LogP contribution in [0.25, 0.3) is 0 Å². The topological polar surface area (TPSA) is 82.5 Å². The summed E-state index contributed by atoms with van der Waals surface area (Å²) in [6.45, 7) is 2.57. The van der Waals surface area contributed by atoms with Crippen LogP contribution in [0.15, 0.2) is 34.2 Å². The van der Waals surface area contributed by atoms with Crippen LogP contribution in [0, 0.1) is 0 Å². The van der Waals surface area contributed by atoms with E-state index in [0.717, 1.165) is 47.8 Å². The summed E-state index contributed by atoms with van der Waals surface area (Å²) in [6, 6.07) is 7.35. The lowest BCUT2D eigenvalue weighted by Crippen LogP contribution is -2.25. The number of aryl methyl sites for hydroxylation is 1. The molecule has 164 valence electrons. The smallest absolute Gasteiger partial charge is 0.254 e. The fraction of sp³-hybridized carbons (Fsp3) is 0.500. The van der Waals surface area contributed by atoms with Gasteiger partial charge in [-0.15, -0.1) is 0 Å². The molecule has 0 saturated carbocycles. The Morgan fingerprint density at radius 3 is 2.63 bits per heavy atom. The Kier molecular flexibility index (Phi) is 9.73. The van der Waals surface area contributed by atoms with Crippen LogP contribution in [0.3, 0.4) is 0 Å². The van der Waals surface area contributed by atoms with Crippen LogP contribution in [0.5, 0.6) is 11.5 Å². The van der Waals surface area contributed by atoms with E-state index in [0.29, 0.717) is 24.5 Å². The molecule has 0 fully saturated rings. The van der Waals surface area contributed by atoms with Crippen LogP contribution >= 0.6 is 11.8 Å². The Hall–Kier alpha value is -2.48. The second-order valence-electron chi connectivity index (χ2n) is 6.88. The van der Waals surface area contributed by atoms with E-state index in [2.05, 4.69) is 10.3 Å². The van der Waals surface area contributed by atoms with Crippen LogP contribution in [0.2, 0.25) is 0 Å². The maximum atomic E-state index is 12.1. The number of hydrogen-bond donors (Lipinski definition) is 1. The van der Waals surface area contributed by atoms with Crippen LogP contribution in [0.4, 0.5) is 0 Å². The van der Waals surface area contributed by atoms with Gasteiger partial charge in [-0.05, 0) is 43.4 Å². The molecule has 0 aliphatic heterocycles. The average Bonchev–Trinajstić information content (AvgIpc) is 2.75. The first-order valence-electron chi connectivity index (χ1n) is 10.2. The van der Waals surface area contributed by atoms with Crippen molar-refractivity contribution in [3.63, 3.8) is 0 Å². The van der Waals surface area contributed by atoms with Crippen LogP contribution in [-0.4, -0.2) is 42.0 Å². The molecule has 0 aliphatic carbocycles. The van der Waals surface area contributed by atoms with Crippen molar-refractivity contribution in [1.29, 1.82) is 0 Å². The molecule has 0 bridgehead atoms. The SMILES string of the molecule is CCc1cc(=O)n(C)c(SCCCCC(=O)NCCc2ccc(OC)c(OC)c2)n1. The molecule has 1 aromatic carbocycles. The number of carbonyl (C=O) groups is 1. The number of unbranched alkanes of at least 4 members (excludes halogenated alkanes) is 1. The van der Waals surface area contributed by atoms with Gasteiger partial charge in [0, 0.05) is 37.5 Å². The van der Waals surface area contributed by atoms with Gasteiger partial charge < -0.3 is 14.8 Å². The average molecular weight is 434 g/mol. The summed E-state index contributed by atoms with van der Waals surface area (Å²) in [7, 11) is 4.96. The summed E-state index contributed by atoms with van der Waals surface area (Å²) in [5, 5.41) is 3.70. The van der Waals surface area contributed by atoms with Crippen LogP contribution in [-0.2, 0) is 24.7 Å². The van der Waals surface area contributed by atoms with E-state index in [9.17, 15) is 9.59 Å². The van der Waals surface area contributed by atoms with Gasteiger partial charge in [0.05, 0.1) is 14.2 Å². The highest BCUT2D eigenvalue weighted by atomic mass is 32.2. The summed E-state index contributed by atoms with van der Waals surface area (Å²) < 4.78 is 12.1. The third kappa shape index (κ3) is 7.09. The fourth-order valence-corrected chi connectivity index (χ4v) is 3.89. The van der Waals surface area contributed by atoms with Gasteiger partial charge in [-0.3, -0.25) is 14.2 Å². The van der Waals surface area contributed by atoms with Crippen molar-refractivity contribution in [2.75, 3.05) is 26.5 Å². The highest BCUT2D eigenvalue weighted by molar-refractivity contribution is 7.99. The van der Waals surface area contributed by atoms with E-state index in [1.165, 1.54) is 0 Å². The maximum Gasteiger partial charge on any atom is 0.254 e. The number of nitrogens with zero attached hydrogens (tertiary/aromatic N) is 2. The van der Waals surface area contributed by atoms with E-state index in [-0.39, 0.29) is 11.5 Å². The number of hydrogen-bond acceptors (Lipinski definition) is 6. The predicted molar refractivity (Wildman–Crippen MR) is 120 cm³/mol. The zero-order valence-corrected chi connectivity index (χ0v) is 19.0. The normalized spacial score (nSPS) is 10.7. The minimum absolute atomic E-state index is 0.0294. The Labute approximate surface area is 182 Å². The van der Waals surface area contributed by atoms with Crippen LogP contribution in [0.1, 0.15) is 37.4 Å². The largest absolute Gasteiger partial charge is 0.493 e. The number of benzene rings is 1. The minimum Gasteiger partial charge on any atom is -0.493 e. The zero-order chi connectivity index (χ0) is 21.9. The second kappa shape index (κ2) is 12.3. The standard InChI is InChI=1S/C22H31N3O4S/c1-5-17-15-21(27)25(2)22(24-17)30-13-7-6-8-20(26)23-12-11-16-9-10-18(28-3)19(14-16)29-4/h9-10,14-15H,5-8,11-13H2,1-4H3,(H,23,26). The lowest BCUT2D eigenvalue weighted by molar-refractivity contribution is -0.121. The fourth-order valence-electron chi connectivity index (χ4n) is 2.90. The Bertz CT molecular complexity index is 898. The summed E-state index contributed by atoms with van der Waals surface area (Å²) >= 11 is 1.56. The van der Waals surface area contributed by atoms with Gasteiger partial charge in [-0.2, -0.15) is 0 Å². The number of thioether (sulfide) groups is 1. The molecular weight excluding hydrogens is 402 g/mol. The number of amides is 1. The lowest BCUT2D eigenvalue weighted by atomic mass is 10.1. The molecule has 0 aliphatic rings. The van der Waals surface area contributed by atoms with Gasteiger partial charge in [-0.25, -0.2) is 4.98 Å². The predicted octanol–water partition coefficient (Wildman–Crippen LogP) is 2.98. The molecule has 1 aromatic heterocycles. The molecule has 0 unspecified atom stereocenters. The van der Waals surface area contributed by atoms with Gasteiger partial charge in [0.25, 0.3) is 5.56 Å². The maximum absolute atomic E-state index is 12.1. The van der Waals surface area contributed by atoms with E-state index in [4.69, 9.17) is 9.47 Å². The second-order valence-corrected chi connectivity index (χ2v) is 7.94. The number of carbonyl (C=O) groups excluding carboxylic acids is 1. The highest BCUT2D eigenvalue weighted by Gasteiger charge is 2.07. The zero-order valence-electron chi connectivity index (χ0n) is 18.2. The van der Waals surface area contributed by atoms with E-state index in [1.807, 2.05) is 25.1 Å². The summed E-state index contributed by atoms with van der Waals surface area (Å²) in [5.41, 5.74) is 1.87. The molecule has 0 radical (unpaired) electrons. The third-order valence-corrected chi connectivity index (χ3v) is 5.84. The van der Waals surface area contributed by atoms with Crippen molar-refractivity contribution in [2.45, 2.75) is 44.2 Å². The van der Waals surface area contributed by atoms with E-state index >= 15 is 0 Å². The summed E-state index contributed by atoms with van der Waals surface area (Å²) in [5.74, 6) is 2.26. The quantitative estimate of drug-likeness (QED) is 0.315. The number of ether oxygens (including phenoxy) is 2. The van der Waals surface area contributed by atoms with Crippen molar-refractivity contribution in [1.82, 2.24) is 14.9 Å². The van der Waals surface area contributed by atoms with Crippen molar-refractivity contribution < 1.29 is 14.3 Å². The molecule has 1 amide bonds. The number of methoxy groups -OCH3 is 2. The first-order chi connectivity index (χ1) is 14.5. The first-order valence-corrected chi connectivity index (χ1v) is 11.1.